The normalized spacial score (nSPS) is 18.8. The van der Waals surface area contributed by atoms with Crippen LogP contribution in [0.4, 0.5) is 14.5 Å². The van der Waals surface area contributed by atoms with Gasteiger partial charge in [0.1, 0.15) is 5.75 Å². The monoisotopic (exact) mass is 343 g/mol. The van der Waals surface area contributed by atoms with Gasteiger partial charge in [-0.25, -0.2) is 8.78 Å². The summed E-state index contributed by atoms with van der Waals surface area (Å²) in [5, 5.41) is 20.7. The van der Waals surface area contributed by atoms with Crippen molar-refractivity contribution in [3.63, 3.8) is 0 Å². The summed E-state index contributed by atoms with van der Waals surface area (Å²) < 4.78 is 25.2. The molecular formula is C15H19F2N3O4. The number of amides is 1. The van der Waals surface area contributed by atoms with Crippen molar-refractivity contribution in [1.82, 2.24) is 9.80 Å². The van der Waals surface area contributed by atoms with Crippen LogP contribution in [0, 0.1) is 10.1 Å². The highest BCUT2D eigenvalue weighted by Gasteiger charge is 2.31. The number of non-ortho nitro benzene ring substituents is 1. The van der Waals surface area contributed by atoms with Crippen molar-refractivity contribution in [3.8, 4) is 5.75 Å². The van der Waals surface area contributed by atoms with E-state index in [0.717, 1.165) is 18.2 Å². The van der Waals surface area contributed by atoms with Gasteiger partial charge in [-0.2, -0.15) is 0 Å². The van der Waals surface area contributed by atoms with Crippen molar-refractivity contribution in [2.24, 2.45) is 0 Å². The summed E-state index contributed by atoms with van der Waals surface area (Å²) in [6.45, 7) is 2.27. The molecule has 24 heavy (non-hydrogen) atoms. The van der Waals surface area contributed by atoms with Gasteiger partial charge < -0.3 is 10.0 Å². The number of aromatic hydroxyl groups is 1. The Balaban J connectivity index is 2.16. The molecule has 1 atom stereocenters. The fourth-order valence-corrected chi connectivity index (χ4v) is 2.86. The van der Waals surface area contributed by atoms with Crippen molar-refractivity contribution < 1.29 is 23.6 Å². The van der Waals surface area contributed by atoms with Crippen LogP contribution in [0.3, 0.4) is 0 Å². The summed E-state index contributed by atoms with van der Waals surface area (Å²) in [5.74, 6) is -0.875. The van der Waals surface area contributed by atoms with Crippen molar-refractivity contribution >= 4 is 11.6 Å². The Labute approximate surface area is 137 Å². The van der Waals surface area contributed by atoms with Crippen LogP contribution in [0.1, 0.15) is 23.7 Å². The number of phenolic OH excluding ortho intramolecular Hbond substituents is 1. The summed E-state index contributed by atoms with van der Waals surface area (Å²) in [5.41, 5.74) is -0.444. The van der Waals surface area contributed by atoms with E-state index in [1.165, 1.54) is 4.90 Å². The van der Waals surface area contributed by atoms with Crippen LogP contribution < -0.4 is 0 Å². The minimum atomic E-state index is -2.44. The van der Waals surface area contributed by atoms with Crippen LogP contribution in [-0.4, -0.2) is 64.4 Å². The van der Waals surface area contributed by atoms with Gasteiger partial charge >= 0.3 is 0 Å². The second-order valence-electron chi connectivity index (χ2n) is 5.66. The molecule has 1 heterocycles. The Morgan fingerprint density at radius 2 is 2.17 bits per heavy atom. The van der Waals surface area contributed by atoms with E-state index in [1.54, 1.807) is 4.90 Å². The van der Waals surface area contributed by atoms with Gasteiger partial charge in [0.2, 0.25) is 0 Å². The van der Waals surface area contributed by atoms with Crippen molar-refractivity contribution in [3.05, 3.63) is 33.9 Å². The van der Waals surface area contributed by atoms with Gasteiger partial charge in [-0.3, -0.25) is 19.8 Å². The number of alkyl halides is 2. The first-order chi connectivity index (χ1) is 11.3. The van der Waals surface area contributed by atoms with Gasteiger partial charge in [0, 0.05) is 37.8 Å². The lowest BCUT2D eigenvalue weighted by molar-refractivity contribution is -0.384. The van der Waals surface area contributed by atoms with E-state index in [9.17, 15) is 28.8 Å². The molecule has 0 aromatic heterocycles. The number of hydrogen-bond acceptors (Lipinski definition) is 5. The number of rotatable bonds is 5. The molecule has 0 spiro atoms. The minimum Gasteiger partial charge on any atom is -0.507 e. The van der Waals surface area contributed by atoms with E-state index >= 15 is 0 Å². The molecule has 132 valence electrons. The number of carbonyl (C=O) groups is 1. The van der Waals surface area contributed by atoms with Crippen LogP contribution in [0.15, 0.2) is 18.2 Å². The van der Waals surface area contributed by atoms with Gasteiger partial charge in [0.15, 0.2) is 0 Å². The summed E-state index contributed by atoms with van der Waals surface area (Å²) >= 11 is 0. The SMILES string of the molecule is CC[C@@H]1CN(C(=O)c2cc([N+](=O)[O-])ccc2O)CCN1CC(F)F. The highest BCUT2D eigenvalue weighted by molar-refractivity contribution is 5.97. The standard InChI is InChI=1S/C15H19F2N3O4/c1-2-10-8-19(6-5-18(10)9-14(16)17)15(22)12-7-11(20(23)24)3-4-13(12)21/h3-4,7,10,14,21H,2,5-6,8-9H2,1H3/t10-/m1/s1. The molecule has 0 aliphatic carbocycles. The Hall–Kier alpha value is -2.29. The third kappa shape index (κ3) is 3.97. The molecule has 0 bridgehead atoms. The first kappa shape index (κ1) is 18.1. The number of nitrogens with zero attached hydrogens (tertiary/aromatic N) is 3. The molecule has 1 N–H and O–H groups in total. The fraction of sp³-hybridized carbons (Fsp3) is 0.533. The zero-order valence-corrected chi connectivity index (χ0v) is 13.2. The minimum absolute atomic E-state index is 0.152. The lowest BCUT2D eigenvalue weighted by Gasteiger charge is -2.41. The summed E-state index contributed by atoms with van der Waals surface area (Å²) in [7, 11) is 0. The first-order valence-corrected chi connectivity index (χ1v) is 7.62. The zero-order chi connectivity index (χ0) is 17.9. The highest BCUT2D eigenvalue weighted by Crippen LogP contribution is 2.25. The molecule has 1 saturated heterocycles. The number of benzene rings is 1. The van der Waals surface area contributed by atoms with E-state index in [1.807, 2.05) is 6.92 Å². The number of phenols is 1. The third-order valence-electron chi connectivity index (χ3n) is 4.16. The molecule has 0 unspecified atom stereocenters. The molecule has 1 aromatic rings. The van der Waals surface area contributed by atoms with Gasteiger partial charge in [0.05, 0.1) is 17.0 Å². The van der Waals surface area contributed by atoms with Crippen molar-refractivity contribution in [2.45, 2.75) is 25.8 Å². The van der Waals surface area contributed by atoms with Gasteiger partial charge in [-0.1, -0.05) is 6.92 Å². The Kier molecular flexibility index (Phi) is 5.66. The second-order valence-corrected chi connectivity index (χ2v) is 5.66. The van der Waals surface area contributed by atoms with E-state index in [2.05, 4.69) is 0 Å². The van der Waals surface area contributed by atoms with Gasteiger partial charge in [0.25, 0.3) is 18.0 Å². The maximum absolute atomic E-state index is 12.6. The van der Waals surface area contributed by atoms with Crippen LogP contribution in [0.25, 0.3) is 0 Å². The number of nitro groups is 1. The Morgan fingerprint density at radius 1 is 1.46 bits per heavy atom. The maximum Gasteiger partial charge on any atom is 0.270 e. The number of nitro benzene ring substituents is 1. The molecule has 1 fully saturated rings. The van der Waals surface area contributed by atoms with E-state index in [-0.39, 0.29) is 42.7 Å². The van der Waals surface area contributed by atoms with Gasteiger partial charge in [-0.15, -0.1) is 0 Å². The van der Waals surface area contributed by atoms with Crippen molar-refractivity contribution in [2.75, 3.05) is 26.2 Å². The predicted molar refractivity (Wildman–Crippen MR) is 82.3 cm³/mol. The van der Waals surface area contributed by atoms with E-state index in [4.69, 9.17) is 0 Å². The molecule has 1 aliphatic rings. The van der Waals surface area contributed by atoms with E-state index < -0.39 is 17.3 Å². The van der Waals surface area contributed by atoms with Crippen LogP contribution >= 0.6 is 0 Å². The summed E-state index contributed by atoms with van der Waals surface area (Å²) in [6.07, 6.45) is -1.85. The van der Waals surface area contributed by atoms with Crippen molar-refractivity contribution in [1.29, 1.82) is 0 Å². The highest BCUT2D eigenvalue weighted by atomic mass is 19.3. The molecule has 1 aromatic carbocycles. The average molecular weight is 343 g/mol. The third-order valence-corrected chi connectivity index (χ3v) is 4.16. The molecular weight excluding hydrogens is 324 g/mol. The summed E-state index contributed by atoms with van der Waals surface area (Å²) in [4.78, 5) is 25.8. The Morgan fingerprint density at radius 3 is 2.75 bits per heavy atom. The number of piperazine rings is 1. The molecule has 2 rings (SSSR count). The Bertz CT molecular complexity index is 627. The van der Waals surface area contributed by atoms with Crippen LogP contribution in [0.2, 0.25) is 0 Å². The molecule has 1 amide bonds. The quantitative estimate of drug-likeness (QED) is 0.653. The molecule has 1 aliphatic heterocycles. The van der Waals surface area contributed by atoms with E-state index in [0.29, 0.717) is 13.0 Å². The number of carbonyl (C=O) groups excluding carboxylic acids is 1. The number of halogens is 2. The van der Waals surface area contributed by atoms with Crippen LogP contribution in [-0.2, 0) is 0 Å². The largest absolute Gasteiger partial charge is 0.507 e. The first-order valence-electron chi connectivity index (χ1n) is 7.62. The molecule has 9 heteroatoms. The predicted octanol–water partition coefficient (Wildman–Crippen LogP) is 2.10. The van der Waals surface area contributed by atoms with Gasteiger partial charge in [-0.05, 0) is 12.5 Å². The maximum atomic E-state index is 12.6. The topological polar surface area (TPSA) is 86.9 Å². The molecule has 0 saturated carbocycles. The zero-order valence-electron chi connectivity index (χ0n) is 13.2. The lowest BCUT2D eigenvalue weighted by atomic mass is 10.1. The summed E-state index contributed by atoms with van der Waals surface area (Å²) in [6, 6.07) is 3.04. The second kappa shape index (κ2) is 7.52. The van der Waals surface area contributed by atoms with Crippen LogP contribution in [0.5, 0.6) is 5.75 Å². The molecule has 7 nitrogen and oxygen atoms in total. The number of hydrogen-bond donors (Lipinski definition) is 1. The lowest BCUT2D eigenvalue weighted by Crippen LogP contribution is -2.55. The molecule has 0 radical (unpaired) electrons. The average Bonchev–Trinajstić information content (AvgIpc) is 2.54. The smallest absolute Gasteiger partial charge is 0.270 e. The fourth-order valence-electron chi connectivity index (χ4n) is 2.86.